The molecule has 0 saturated heterocycles. The van der Waals surface area contributed by atoms with Gasteiger partial charge < -0.3 is 5.32 Å². The molecule has 0 aliphatic heterocycles. The molecule has 18 heavy (non-hydrogen) atoms. The Morgan fingerprint density at radius 1 is 1.44 bits per heavy atom. The van der Waals surface area contributed by atoms with Crippen molar-refractivity contribution in [3.05, 3.63) is 17.3 Å². The highest BCUT2D eigenvalue weighted by atomic mass is 35.5. The summed E-state index contributed by atoms with van der Waals surface area (Å²) in [5, 5.41) is 4.68. The number of thiophene rings is 1. The molecule has 0 spiro atoms. The summed E-state index contributed by atoms with van der Waals surface area (Å²) in [4.78, 5) is 11.2. The molecule has 3 rings (SSSR count). The third-order valence-electron chi connectivity index (χ3n) is 3.68. The molecule has 0 unspecified atom stereocenters. The van der Waals surface area contributed by atoms with Gasteiger partial charge in [-0.3, -0.25) is 0 Å². The molecule has 0 radical (unpaired) electrons. The van der Waals surface area contributed by atoms with Crippen LogP contribution in [0.4, 0.5) is 5.82 Å². The van der Waals surface area contributed by atoms with Crippen LogP contribution in [0.1, 0.15) is 31.1 Å². The maximum atomic E-state index is 6.09. The largest absolute Gasteiger partial charge is 0.363 e. The van der Waals surface area contributed by atoms with Gasteiger partial charge in [0.1, 0.15) is 17.0 Å². The minimum atomic E-state index is 0.0527. The van der Waals surface area contributed by atoms with Gasteiger partial charge in [0, 0.05) is 10.8 Å². The second kappa shape index (κ2) is 4.67. The highest BCUT2D eigenvalue weighted by Crippen LogP contribution is 2.38. The summed E-state index contributed by atoms with van der Waals surface area (Å²) in [6.07, 6.45) is 6.19. The molecule has 1 saturated carbocycles. The predicted molar refractivity (Wildman–Crippen MR) is 77.7 cm³/mol. The monoisotopic (exact) mass is 281 g/mol. The minimum Gasteiger partial charge on any atom is -0.363 e. The van der Waals surface area contributed by atoms with Crippen LogP contribution in [0.3, 0.4) is 0 Å². The maximum absolute atomic E-state index is 6.09. The fraction of sp³-hybridized carbons (Fsp3) is 0.538. The molecule has 1 N–H and O–H groups in total. The highest BCUT2D eigenvalue weighted by Gasteiger charge is 2.36. The van der Waals surface area contributed by atoms with Crippen LogP contribution in [-0.2, 0) is 6.42 Å². The Labute approximate surface area is 116 Å². The van der Waals surface area contributed by atoms with Crippen molar-refractivity contribution in [3.8, 4) is 0 Å². The fourth-order valence-electron chi connectivity index (χ4n) is 2.33. The first-order chi connectivity index (χ1) is 8.76. The van der Waals surface area contributed by atoms with Crippen LogP contribution in [0.25, 0.3) is 10.2 Å². The third-order valence-corrected chi connectivity index (χ3v) is 5.38. The molecule has 2 aromatic rings. The first-order valence-electron chi connectivity index (χ1n) is 6.34. The zero-order valence-corrected chi connectivity index (χ0v) is 11.9. The van der Waals surface area contributed by atoms with E-state index in [-0.39, 0.29) is 5.54 Å². The molecule has 0 bridgehead atoms. The van der Waals surface area contributed by atoms with Crippen molar-refractivity contribution in [2.45, 2.75) is 38.1 Å². The van der Waals surface area contributed by atoms with E-state index in [2.05, 4.69) is 28.3 Å². The van der Waals surface area contributed by atoms with Crippen molar-refractivity contribution in [3.63, 3.8) is 0 Å². The van der Waals surface area contributed by atoms with Crippen molar-refractivity contribution in [2.75, 3.05) is 11.2 Å². The van der Waals surface area contributed by atoms with Gasteiger partial charge in [0.2, 0.25) is 0 Å². The number of rotatable bonds is 4. The van der Waals surface area contributed by atoms with E-state index in [0.29, 0.717) is 5.88 Å². The summed E-state index contributed by atoms with van der Waals surface area (Å²) in [6.45, 7) is 2.16. The second-order valence-electron chi connectivity index (χ2n) is 4.90. The molecular weight excluding hydrogens is 266 g/mol. The smallest absolute Gasteiger partial charge is 0.138 e. The number of aryl methyl sites for hydroxylation is 1. The van der Waals surface area contributed by atoms with Crippen molar-refractivity contribution in [1.29, 1.82) is 0 Å². The van der Waals surface area contributed by atoms with Gasteiger partial charge in [-0.1, -0.05) is 6.92 Å². The van der Waals surface area contributed by atoms with E-state index in [1.54, 1.807) is 17.7 Å². The molecule has 0 aromatic carbocycles. The Morgan fingerprint density at radius 3 is 2.89 bits per heavy atom. The van der Waals surface area contributed by atoms with Crippen LogP contribution in [-0.4, -0.2) is 21.4 Å². The van der Waals surface area contributed by atoms with Gasteiger partial charge >= 0.3 is 0 Å². The lowest BCUT2D eigenvalue weighted by Gasteiger charge is -2.41. The van der Waals surface area contributed by atoms with Crippen molar-refractivity contribution in [1.82, 2.24) is 9.97 Å². The molecule has 5 heteroatoms. The SMILES string of the molecule is CCc1cc2c(NC3(CCl)CCC3)ncnc2s1. The number of hydrogen-bond donors (Lipinski definition) is 1. The number of halogens is 1. The lowest BCUT2D eigenvalue weighted by molar-refractivity contribution is 0.310. The quantitative estimate of drug-likeness (QED) is 0.866. The summed E-state index contributed by atoms with van der Waals surface area (Å²) in [7, 11) is 0. The number of hydrogen-bond acceptors (Lipinski definition) is 4. The van der Waals surface area contributed by atoms with Gasteiger partial charge in [0.25, 0.3) is 0 Å². The second-order valence-corrected chi connectivity index (χ2v) is 6.28. The Balaban J connectivity index is 1.98. The number of fused-ring (bicyclic) bond motifs is 1. The van der Waals surface area contributed by atoms with Gasteiger partial charge in [0.15, 0.2) is 0 Å². The zero-order valence-electron chi connectivity index (χ0n) is 10.4. The number of alkyl halides is 1. The van der Waals surface area contributed by atoms with E-state index in [1.807, 2.05) is 0 Å². The zero-order chi connectivity index (χ0) is 12.6. The van der Waals surface area contributed by atoms with Gasteiger partial charge in [-0.05, 0) is 31.7 Å². The van der Waals surface area contributed by atoms with Crippen molar-refractivity contribution >= 4 is 39.0 Å². The number of nitrogens with one attached hydrogen (secondary N) is 1. The molecule has 1 aliphatic carbocycles. The molecule has 1 aliphatic rings. The summed E-state index contributed by atoms with van der Waals surface area (Å²) < 4.78 is 0. The average molecular weight is 282 g/mol. The Bertz CT molecular complexity index is 557. The molecule has 0 amide bonds. The van der Waals surface area contributed by atoms with Gasteiger partial charge in [0.05, 0.1) is 10.9 Å². The Morgan fingerprint density at radius 2 is 2.28 bits per heavy atom. The molecule has 3 nitrogen and oxygen atoms in total. The van der Waals surface area contributed by atoms with Crippen LogP contribution >= 0.6 is 22.9 Å². The molecule has 2 aromatic heterocycles. The topological polar surface area (TPSA) is 37.8 Å². The molecule has 0 atom stereocenters. The summed E-state index contributed by atoms with van der Waals surface area (Å²) in [5.74, 6) is 1.58. The average Bonchev–Trinajstić information content (AvgIpc) is 2.77. The van der Waals surface area contributed by atoms with E-state index in [9.17, 15) is 0 Å². The lowest BCUT2D eigenvalue weighted by atomic mass is 9.78. The first-order valence-corrected chi connectivity index (χ1v) is 7.69. The normalized spacial score (nSPS) is 17.7. The third kappa shape index (κ3) is 1.97. The predicted octanol–water partition coefficient (Wildman–Crippen LogP) is 3.83. The molecule has 96 valence electrons. The number of aromatic nitrogens is 2. The van der Waals surface area contributed by atoms with Crippen molar-refractivity contribution < 1.29 is 0 Å². The van der Waals surface area contributed by atoms with E-state index >= 15 is 0 Å². The van der Waals surface area contributed by atoms with Crippen LogP contribution in [0, 0.1) is 0 Å². The van der Waals surface area contributed by atoms with E-state index in [4.69, 9.17) is 11.6 Å². The van der Waals surface area contributed by atoms with Gasteiger partial charge in [-0.25, -0.2) is 9.97 Å². The van der Waals surface area contributed by atoms with Crippen LogP contribution in [0.2, 0.25) is 0 Å². The first kappa shape index (κ1) is 12.2. The van der Waals surface area contributed by atoms with E-state index in [1.165, 1.54) is 11.3 Å². The summed E-state index contributed by atoms with van der Waals surface area (Å²) in [5.41, 5.74) is 0.0527. The summed E-state index contributed by atoms with van der Waals surface area (Å²) >= 11 is 7.84. The molecule has 1 fully saturated rings. The fourth-order valence-corrected chi connectivity index (χ4v) is 3.60. The van der Waals surface area contributed by atoms with Gasteiger partial charge in [-0.15, -0.1) is 22.9 Å². The standard InChI is InChI=1S/C13H16ClN3S/c1-2-9-6-10-11(15-8-16-12(10)18-9)17-13(7-14)4-3-5-13/h6,8H,2-5,7H2,1H3,(H,15,16,17). The van der Waals surface area contributed by atoms with E-state index < -0.39 is 0 Å². The van der Waals surface area contributed by atoms with E-state index in [0.717, 1.165) is 35.3 Å². The molecule has 2 heterocycles. The Hall–Kier alpha value is -0.870. The highest BCUT2D eigenvalue weighted by molar-refractivity contribution is 7.18. The lowest BCUT2D eigenvalue weighted by Crippen LogP contribution is -2.47. The summed E-state index contributed by atoms with van der Waals surface area (Å²) in [6, 6.07) is 2.20. The maximum Gasteiger partial charge on any atom is 0.138 e. The molecular formula is C13H16ClN3S. The Kier molecular flexibility index (Phi) is 3.16. The van der Waals surface area contributed by atoms with Crippen molar-refractivity contribution in [2.24, 2.45) is 0 Å². The van der Waals surface area contributed by atoms with Crippen LogP contribution in [0.5, 0.6) is 0 Å². The number of anilines is 1. The number of nitrogens with zero attached hydrogens (tertiary/aromatic N) is 2. The van der Waals surface area contributed by atoms with Crippen LogP contribution < -0.4 is 5.32 Å². The minimum absolute atomic E-state index is 0.0527. The van der Waals surface area contributed by atoms with Crippen LogP contribution in [0.15, 0.2) is 12.4 Å². The van der Waals surface area contributed by atoms with Gasteiger partial charge in [-0.2, -0.15) is 0 Å².